The smallest absolute Gasteiger partial charge is 0.416 e. The van der Waals surface area contributed by atoms with Crippen LogP contribution in [0, 0.1) is 0 Å². The lowest BCUT2D eigenvalue weighted by atomic mass is 10.0. The van der Waals surface area contributed by atoms with Gasteiger partial charge in [0.15, 0.2) is 0 Å². The molecule has 0 fully saturated rings. The Morgan fingerprint density at radius 3 is 2.00 bits per heavy atom. The van der Waals surface area contributed by atoms with E-state index in [1.807, 2.05) is 72.6 Å². The molecule has 0 aromatic heterocycles. The molecule has 3 rings (SSSR count). The number of halogens is 4. The van der Waals surface area contributed by atoms with Crippen LogP contribution in [0.2, 0.25) is 0 Å². The van der Waals surface area contributed by atoms with Crippen molar-refractivity contribution in [2.24, 2.45) is 0 Å². The van der Waals surface area contributed by atoms with E-state index in [0.29, 0.717) is 25.1 Å². The van der Waals surface area contributed by atoms with Gasteiger partial charge in [-0.15, -0.1) is 0 Å². The molecular formula is C27H29F4NO. The Morgan fingerprint density at radius 2 is 1.42 bits per heavy atom. The lowest BCUT2D eigenvalue weighted by Gasteiger charge is -2.28. The van der Waals surface area contributed by atoms with E-state index < -0.39 is 18.4 Å². The minimum absolute atomic E-state index is 0.215. The van der Waals surface area contributed by atoms with E-state index in [2.05, 4.69) is 0 Å². The average Bonchev–Trinajstić information content (AvgIpc) is 2.83. The standard InChI is InChI=1S/C27H29F4NO/c1-32(24(20-28)15-12-21-8-4-2-5-9-21)19-18-26(22-10-6-3-7-11-22)33-25-16-13-23(14-17-25)27(29,30)31/h2-11,13-14,16-17,24,26H,12,15,18-20H2,1H3. The van der Waals surface area contributed by atoms with Crippen LogP contribution in [0.4, 0.5) is 17.6 Å². The lowest BCUT2D eigenvalue weighted by Crippen LogP contribution is -2.35. The maximum absolute atomic E-state index is 13.8. The molecule has 0 heterocycles. The summed E-state index contributed by atoms with van der Waals surface area (Å²) in [5.74, 6) is 0.366. The Balaban J connectivity index is 1.63. The van der Waals surface area contributed by atoms with Crippen molar-refractivity contribution in [2.45, 2.75) is 37.6 Å². The van der Waals surface area contributed by atoms with Gasteiger partial charge in [-0.05, 0) is 55.3 Å². The summed E-state index contributed by atoms with van der Waals surface area (Å²) in [5, 5.41) is 0. The molecule has 0 spiro atoms. The van der Waals surface area contributed by atoms with E-state index in [0.717, 1.165) is 24.1 Å². The second-order valence-electron chi connectivity index (χ2n) is 8.14. The average molecular weight is 460 g/mol. The minimum atomic E-state index is -4.39. The van der Waals surface area contributed by atoms with Crippen molar-refractivity contribution in [3.05, 3.63) is 102 Å². The molecule has 2 atom stereocenters. The van der Waals surface area contributed by atoms with E-state index in [4.69, 9.17) is 4.74 Å². The third-order valence-corrected chi connectivity index (χ3v) is 5.79. The van der Waals surface area contributed by atoms with E-state index in [1.54, 1.807) is 0 Å². The molecule has 0 radical (unpaired) electrons. The summed E-state index contributed by atoms with van der Waals surface area (Å²) in [4.78, 5) is 2.00. The number of nitrogens with zero attached hydrogens (tertiary/aromatic N) is 1. The van der Waals surface area contributed by atoms with Gasteiger partial charge in [-0.3, -0.25) is 0 Å². The number of hydrogen-bond acceptors (Lipinski definition) is 2. The molecule has 33 heavy (non-hydrogen) atoms. The third kappa shape index (κ3) is 7.60. The van der Waals surface area contributed by atoms with Gasteiger partial charge in [-0.25, -0.2) is 4.39 Å². The number of alkyl halides is 4. The molecular weight excluding hydrogens is 430 g/mol. The van der Waals surface area contributed by atoms with Gasteiger partial charge in [-0.2, -0.15) is 13.2 Å². The highest BCUT2D eigenvalue weighted by Gasteiger charge is 2.30. The molecule has 0 aliphatic carbocycles. The van der Waals surface area contributed by atoms with Gasteiger partial charge in [0.25, 0.3) is 0 Å². The van der Waals surface area contributed by atoms with Gasteiger partial charge < -0.3 is 9.64 Å². The fraction of sp³-hybridized carbons (Fsp3) is 0.333. The Bertz CT molecular complexity index is 945. The molecule has 2 unspecified atom stereocenters. The monoisotopic (exact) mass is 459 g/mol. The largest absolute Gasteiger partial charge is 0.486 e. The highest BCUT2D eigenvalue weighted by atomic mass is 19.4. The van der Waals surface area contributed by atoms with Crippen LogP contribution >= 0.6 is 0 Å². The van der Waals surface area contributed by atoms with Gasteiger partial charge in [0, 0.05) is 19.0 Å². The van der Waals surface area contributed by atoms with Crippen molar-refractivity contribution in [2.75, 3.05) is 20.3 Å². The van der Waals surface area contributed by atoms with Crippen LogP contribution in [0.15, 0.2) is 84.9 Å². The first-order valence-electron chi connectivity index (χ1n) is 11.1. The van der Waals surface area contributed by atoms with Crippen molar-refractivity contribution in [3.63, 3.8) is 0 Å². The van der Waals surface area contributed by atoms with Gasteiger partial charge in [-0.1, -0.05) is 60.7 Å². The van der Waals surface area contributed by atoms with Crippen LogP contribution in [-0.2, 0) is 12.6 Å². The Morgan fingerprint density at radius 1 is 0.818 bits per heavy atom. The van der Waals surface area contributed by atoms with Gasteiger partial charge in [0.2, 0.25) is 0 Å². The third-order valence-electron chi connectivity index (χ3n) is 5.79. The second kappa shape index (κ2) is 11.8. The van der Waals surface area contributed by atoms with Crippen LogP contribution < -0.4 is 4.74 Å². The zero-order chi connectivity index (χ0) is 23.7. The minimum Gasteiger partial charge on any atom is -0.486 e. The normalized spacial score (nSPS) is 13.6. The molecule has 0 amide bonds. The number of hydrogen-bond donors (Lipinski definition) is 0. The van der Waals surface area contributed by atoms with Crippen molar-refractivity contribution >= 4 is 0 Å². The molecule has 0 saturated carbocycles. The van der Waals surface area contributed by atoms with Gasteiger partial charge in [0.05, 0.1) is 5.56 Å². The van der Waals surface area contributed by atoms with Gasteiger partial charge in [0.1, 0.15) is 18.5 Å². The number of rotatable bonds is 11. The summed E-state index contributed by atoms with van der Waals surface area (Å²) < 4.78 is 58.4. The van der Waals surface area contributed by atoms with Crippen LogP contribution in [0.5, 0.6) is 5.75 Å². The first-order valence-corrected chi connectivity index (χ1v) is 11.1. The van der Waals surface area contributed by atoms with Crippen LogP contribution in [0.3, 0.4) is 0 Å². The molecule has 0 bridgehead atoms. The first-order chi connectivity index (χ1) is 15.9. The topological polar surface area (TPSA) is 12.5 Å². The highest BCUT2D eigenvalue weighted by Crippen LogP contribution is 2.32. The van der Waals surface area contributed by atoms with E-state index in [9.17, 15) is 17.6 Å². The number of benzene rings is 3. The first kappa shape index (κ1) is 24.8. The molecule has 0 aliphatic heterocycles. The number of aryl methyl sites for hydroxylation is 1. The van der Waals surface area contributed by atoms with Crippen molar-refractivity contribution < 1.29 is 22.3 Å². The van der Waals surface area contributed by atoms with Crippen LogP contribution in [-0.4, -0.2) is 31.2 Å². The summed E-state index contributed by atoms with van der Waals surface area (Å²) in [6.07, 6.45) is -2.68. The maximum atomic E-state index is 13.8. The molecule has 0 N–H and O–H groups in total. The zero-order valence-corrected chi connectivity index (χ0v) is 18.6. The molecule has 2 nitrogen and oxygen atoms in total. The summed E-state index contributed by atoms with van der Waals surface area (Å²) in [7, 11) is 1.90. The molecule has 3 aromatic rings. The predicted molar refractivity (Wildman–Crippen MR) is 123 cm³/mol. The number of ether oxygens (including phenoxy) is 1. The molecule has 0 aliphatic rings. The second-order valence-corrected chi connectivity index (χ2v) is 8.14. The fourth-order valence-corrected chi connectivity index (χ4v) is 3.74. The quantitative estimate of drug-likeness (QED) is 0.283. The van der Waals surface area contributed by atoms with Crippen molar-refractivity contribution in [3.8, 4) is 5.75 Å². The molecule has 6 heteroatoms. The molecule has 3 aromatic carbocycles. The molecule has 0 saturated heterocycles. The summed E-state index contributed by atoms with van der Waals surface area (Å²) in [5.41, 5.74) is 1.39. The summed E-state index contributed by atoms with van der Waals surface area (Å²) in [6.45, 7) is 0.142. The van der Waals surface area contributed by atoms with E-state index >= 15 is 0 Å². The SMILES string of the molecule is CN(CCC(Oc1ccc(C(F)(F)F)cc1)c1ccccc1)C(CF)CCc1ccccc1. The Labute approximate surface area is 192 Å². The fourth-order valence-electron chi connectivity index (χ4n) is 3.74. The van der Waals surface area contributed by atoms with Gasteiger partial charge >= 0.3 is 6.18 Å². The van der Waals surface area contributed by atoms with Crippen LogP contribution in [0.25, 0.3) is 0 Å². The van der Waals surface area contributed by atoms with E-state index in [1.165, 1.54) is 17.7 Å². The van der Waals surface area contributed by atoms with E-state index in [-0.39, 0.29) is 12.1 Å². The van der Waals surface area contributed by atoms with Crippen molar-refractivity contribution in [1.29, 1.82) is 0 Å². The highest BCUT2D eigenvalue weighted by molar-refractivity contribution is 5.30. The predicted octanol–water partition coefficient (Wildman–Crippen LogP) is 7.12. The summed E-state index contributed by atoms with van der Waals surface area (Å²) in [6, 6.07) is 24.0. The molecule has 176 valence electrons. The Hall–Kier alpha value is -2.86. The summed E-state index contributed by atoms with van der Waals surface area (Å²) >= 11 is 0. The zero-order valence-electron chi connectivity index (χ0n) is 18.6. The lowest BCUT2D eigenvalue weighted by molar-refractivity contribution is -0.137. The Kier molecular flexibility index (Phi) is 8.89. The maximum Gasteiger partial charge on any atom is 0.416 e. The van der Waals surface area contributed by atoms with Crippen molar-refractivity contribution in [1.82, 2.24) is 4.90 Å². The van der Waals surface area contributed by atoms with Crippen LogP contribution in [0.1, 0.15) is 35.6 Å².